The van der Waals surface area contributed by atoms with Gasteiger partial charge in [0.1, 0.15) is 11.7 Å². The van der Waals surface area contributed by atoms with E-state index in [4.69, 9.17) is 0 Å². The molecule has 0 aliphatic heterocycles. The number of carbonyl (C=O) groups excluding carboxylic acids is 3. The van der Waals surface area contributed by atoms with Gasteiger partial charge in [-0.15, -0.1) is 0 Å². The molecule has 98 valence electrons. The van der Waals surface area contributed by atoms with Crippen molar-refractivity contribution >= 4 is 17.7 Å². The summed E-state index contributed by atoms with van der Waals surface area (Å²) in [7, 11) is 0. The minimum Gasteiger partial charge on any atom is -0.393 e. The van der Waals surface area contributed by atoms with E-state index in [1.165, 1.54) is 6.92 Å². The van der Waals surface area contributed by atoms with E-state index in [0.717, 1.165) is 19.3 Å². The number of Topliss-reactive ketones (excluding diaryl/α,β-unsaturated/α-hetero) is 1. The second-order valence-electron chi connectivity index (χ2n) is 4.19. The SMILES string of the molecule is CCCCCC(=O)OC(=O)C(C)C(=O)CCC. The molecule has 17 heavy (non-hydrogen) atoms. The Morgan fingerprint density at radius 3 is 2.18 bits per heavy atom. The lowest BCUT2D eigenvalue weighted by Gasteiger charge is -2.08. The summed E-state index contributed by atoms with van der Waals surface area (Å²) in [5.41, 5.74) is 0. The van der Waals surface area contributed by atoms with Crippen LogP contribution >= 0.6 is 0 Å². The number of unbranched alkanes of at least 4 members (excludes halogenated alkanes) is 2. The van der Waals surface area contributed by atoms with E-state index in [1.54, 1.807) is 0 Å². The summed E-state index contributed by atoms with van der Waals surface area (Å²) in [6, 6.07) is 0. The molecule has 0 radical (unpaired) electrons. The molecule has 4 nitrogen and oxygen atoms in total. The predicted molar refractivity (Wildman–Crippen MR) is 64.3 cm³/mol. The van der Waals surface area contributed by atoms with Crippen molar-refractivity contribution in [2.45, 2.75) is 59.3 Å². The summed E-state index contributed by atoms with van der Waals surface area (Å²) in [4.78, 5) is 34.1. The van der Waals surface area contributed by atoms with Crippen LogP contribution in [0.3, 0.4) is 0 Å². The van der Waals surface area contributed by atoms with E-state index < -0.39 is 17.9 Å². The van der Waals surface area contributed by atoms with Crippen molar-refractivity contribution < 1.29 is 19.1 Å². The van der Waals surface area contributed by atoms with Crippen molar-refractivity contribution in [1.82, 2.24) is 0 Å². The zero-order valence-electron chi connectivity index (χ0n) is 11.0. The first-order valence-corrected chi connectivity index (χ1v) is 6.30. The van der Waals surface area contributed by atoms with Gasteiger partial charge in [0.2, 0.25) is 0 Å². The number of hydrogen-bond donors (Lipinski definition) is 0. The standard InChI is InChI=1S/C13H22O4/c1-4-6-7-9-12(15)17-13(16)10(3)11(14)8-5-2/h10H,4-9H2,1-3H3. The smallest absolute Gasteiger partial charge is 0.323 e. The van der Waals surface area contributed by atoms with Gasteiger partial charge in [-0.1, -0.05) is 26.7 Å². The van der Waals surface area contributed by atoms with Crippen molar-refractivity contribution in [3.05, 3.63) is 0 Å². The third-order valence-electron chi connectivity index (χ3n) is 2.53. The first-order valence-electron chi connectivity index (χ1n) is 6.30. The lowest BCUT2D eigenvalue weighted by molar-refractivity contribution is -0.163. The number of hydrogen-bond acceptors (Lipinski definition) is 4. The summed E-state index contributed by atoms with van der Waals surface area (Å²) in [5, 5.41) is 0. The van der Waals surface area contributed by atoms with Crippen LogP contribution in [0.5, 0.6) is 0 Å². The molecular formula is C13H22O4. The number of ketones is 1. The molecule has 0 saturated heterocycles. The maximum absolute atomic E-state index is 11.4. The average molecular weight is 242 g/mol. The zero-order valence-corrected chi connectivity index (χ0v) is 11.0. The van der Waals surface area contributed by atoms with Crippen LogP contribution in [0.4, 0.5) is 0 Å². The van der Waals surface area contributed by atoms with E-state index in [-0.39, 0.29) is 12.2 Å². The fourth-order valence-electron chi connectivity index (χ4n) is 1.37. The van der Waals surface area contributed by atoms with Crippen LogP contribution < -0.4 is 0 Å². The summed E-state index contributed by atoms with van der Waals surface area (Å²) in [5.74, 6) is -2.24. The molecule has 0 aromatic carbocycles. The maximum Gasteiger partial charge on any atom is 0.323 e. The molecule has 0 aromatic rings. The Bertz CT molecular complexity index is 271. The minimum absolute atomic E-state index is 0.168. The molecule has 0 aliphatic rings. The molecule has 1 unspecified atom stereocenters. The topological polar surface area (TPSA) is 60.4 Å². The molecule has 1 atom stereocenters. The summed E-state index contributed by atoms with van der Waals surface area (Å²) in [6.45, 7) is 5.38. The van der Waals surface area contributed by atoms with Gasteiger partial charge in [0, 0.05) is 12.8 Å². The molecule has 0 amide bonds. The highest BCUT2D eigenvalue weighted by atomic mass is 16.6. The van der Waals surface area contributed by atoms with Crippen LogP contribution in [0, 0.1) is 5.92 Å². The van der Waals surface area contributed by atoms with Crippen molar-refractivity contribution in [1.29, 1.82) is 0 Å². The maximum atomic E-state index is 11.4. The Balaban J connectivity index is 3.98. The Labute approximate surface area is 103 Å². The molecule has 0 N–H and O–H groups in total. The van der Waals surface area contributed by atoms with Gasteiger partial charge in [0.15, 0.2) is 0 Å². The highest BCUT2D eigenvalue weighted by Crippen LogP contribution is 2.07. The van der Waals surface area contributed by atoms with Crippen molar-refractivity contribution in [3.8, 4) is 0 Å². The molecule has 0 fully saturated rings. The Morgan fingerprint density at radius 1 is 1.00 bits per heavy atom. The van der Waals surface area contributed by atoms with E-state index >= 15 is 0 Å². The van der Waals surface area contributed by atoms with Gasteiger partial charge in [-0.3, -0.25) is 14.4 Å². The van der Waals surface area contributed by atoms with E-state index in [0.29, 0.717) is 12.8 Å². The molecule has 0 heterocycles. The van der Waals surface area contributed by atoms with E-state index in [2.05, 4.69) is 4.74 Å². The summed E-state index contributed by atoms with van der Waals surface area (Å²) in [6.07, 6.45) is 3.95. The molecular weight excluding hydrogens is 220 g/mol. The Hall–Kier alpha value is -1.19. The fourth-order valence-corrected chi connectivity index (χ4v) is 1.37. The Morgan fingerprint density at radius 2 is 1.65 bits per heavy atom. The van der Waals surface area contributed by atoms with Gasteiger partial charge in [-0.25, -0.2) is 0 Å². The van der Waals surface area contributed by atoms with Gasteiger partial charge in [0.05, 0.1) is 0 Å². The van der Waals surface area contributed by atoms with Crippen LogP contribution in [0.2, 0.25) is 0 Å². The average Bonchev–Trinajstić information content (AvgIpc) is 2.28. The summed E-state index contributed by atoms with van der Waals surface area (Å²) < 4.78 is 4.63. The molecule has 0 spiro atoms. The van der Waals surface area contributed by atoms with Crippen LogP contribution in [0.25, 0.3) is 0 Å². The molecule has 0 rings (SSSR count). The molecule has 0 bridgehead atoms. The highest BCUT2D eigenvalue weighted by Gasteiger charge is 2.24. The van der Waals surface area contributed by atoms with Crippen LogP contribution in [-0.2, 0) is 19.1 Å². The normalized spacial score (nSPS) is 11.9. The first-order chi connectivity index (χ1) is 8.02. The summed E-state index contributed by atoms with van der Waals surface area (Å²) >= 11 is 0. The van der Waals surface area contributed by atoms with Crippen molar-refractivity contribution in [2.75, 3.05) is 0 Å². The number of carbonyl (C=O) groups is 3. The number of esters is 2. The van der Waals surface area contributed by atoms with E-state index in [1.807, 2.05) is 13.8 Å². The third-order valence-corrected chi connectivity index (χ3v) is 2.53. The van der Waals surface area contributed by atoms with Crippen molar-refractivity contribution in [3.63, 3.8) is 0 Å². The van der Waals surface area contributed by atoms with E-state index in [9.17, 15) is 14.4 Å². The number of ether oxygens (including phenoxy) is 1. The fraction of sp³-hybridized carbons (Fsp3) is 0.769. The molecule has 0 aliphatic carbocycles. The molecule has 4 heteroatoms. The van der Waals surface area contributed by atoms with Gasteiger partial charge in [0.25, 0.3) is 0 Å². The minimum atomic E-state index is -0.829. The largest absolute Gasteiger partial charge is 0.393 e. The lowest BCUT2D eigenvalue weighted by atomic mass is 10.0. The lowest BCUT2D eigenvalue weighted by Crippen LogP contribution is -2.25. The van der Waals surface area contributed by atoms with Gasteiger partial charge in [-0.05, 0) is 19.8 Å². The van der Waals surface area contributed by atoms with Gasteiger partial charge < -0.3 is 4.74 Å². The van der Waals surface area contributed by atoms with Crippen LogP contribution in [0.15, 0.2) is 0 Å². The molecule has 0 aromatic heterocycles. The van der Waals surface area contributed by atoms with Crippen LogP contribution in [-0.4, -0.2) is 17.7 Å². The van der Waals surface area contributed by atoms with Gasteiger partial charge in [-0.2, -0.15) is 0 Å². The third kappa shape index (κ3) is 6.87. The Kier molecular flexibility index (Phi) is 8.28. The number of rotatable bonds is 8. The quantitative estimate of drug-likeness (QED) is 0.373. The van der Waals surface area contributed by atoms with Gasteiger partial charge >= 0.3 is 11.9 Å². The monoisotopic (exact) mass is 242 g/mol. The second kappa shape index (κ2) is 8.90. The first kappa shape index (κ1) is 15.8. The predicted octanol–water partition coefficient (Wildman–Crippen LogP) is 2.64. The molecule has 0 saturated carbocycles. The second-order valence-corrected chi connectivity index (χ2v) is 4.19. The highest BCUT2D eigenvalue weighted by molar-refractivity contribution is 6.01. The zero-order chi connectivity index (χ0) is 13.3. The van der Waals surface area contributed by atoms with Crippen molar-refractivity contribution in [2.24, 2.45) is 5.92 Å². The van der Waals surface area contributed by atoms with Crippen LogP contribution in [0.1, 0.15) is 59.3 Å².